The second-order valence-electron chi connectivity index (χ2n) is 6.47. The zero-order valence-electron chi connectivity index (χ0n) is 15.1. The normalized spacial score (nSPS) is 12.0. The molecule has 0 heterocycles. The third-order valence-electron chi connectivity index (χ3n) is 3.41. The molecule has 0 bridgehead atoms. The highest BCUT2D eigenvalue weighted by molar-refractivity contribution is 6.30. The van der Waals surface area contributed by atoms with Gasteiger partial charge in [0.05, 0.1) is 0 Å². The molecular formula is C18H29ClN4O. The van der Waals surface area contributed by atoms with Crippen LogP contribution >= 0.6 is 11.6 Å². The molecule has 6 heteroatoms. The summed E-state index contributed by atoms with van der Waals surface area (Å²) in [6.45, 7) is 10.5. The third kappa shape index (κ3) is 8.20. The highest BCUT2D eigenvalue weighted by Gasteiger charge is 2.19. The van der Waals surface area contributed by atoms with E-state index in [2.05, 4.69) is 40.9 Å². The monoisotopic (exact) mass is 352 g/mol. The van der Waals surface area contributed by atoms with Crippen LogP contribution in [0.5, 0.6) is 0 Å². The molecule has 1 rings (SSSR count). The van der Waals surface area contributed by atoms with Gasteiger partial charge in [-0.25, -0.2) is 4.99 Å². The van der Waals surface area contributed by atoms with Crippen LogP contribution in [-0.2, 0) is 11.2 Å². The molecule has 0 fully saturated rings. The van der Waals surface area contributed by atoms with E-state index in [0.717, 1.165) is 24.5 Å². The number of likely N-dealkylation sites (N-methyl/N-ethyl adjacent to an activating group) is 1. The van der Waals surface area contributed by atoms with E-state index >= 15 is 0 Å². The Morgan fingerprint density at radius 2 is 1.88 bits per heavy atom. The summed E-state index contributed by atoms with van der Waals surface area (Å²) in [5, 5.41) is 9.98. The van der Waals surface area contributed by atoms with E-state index in [4.69, 9.17) is 11.6 Å². The molecule has 0 aliphatic heterocycles. The van der Waals surface area contributed by atoms with Crippen LogP contribution in [0.1, 0.15) is 33.3 Å². The lowest BCUT2D eigenvalue weighted by atomic mass is 9.86. The molecule has 0 aliphatic rings. The first-order valence-electron chi connectivity index (χ1n) is 8.39. The number of carbonyl (C=O) groups excluding carboxylic acids is 1. The predicted molar refractivity (Wildman–Crippen MR) is 102 cm³/mol. The highest BCUT2D eigenvalue weighted by atomic mass is 35.5. The number of halogens is 1. The van der Waals surface area contributed by atoms with Gasteiger partial charge in [-0.1, -0.05) is 37.6 Å². The fraction of sp³-hybridized carbons (Fsp3) is 0.556. The summed E-state index contributed by atoms with van der Waals surface area (Å²) in [6, 6.07) is 7.94. The van der Waals surface area contributed by atoms with Crippen molar-refractivity contribution in [1.29, 1.82) is 0 Å². The predicted octanol–water partition coefficient (Wildman–Crippen LogP) is 2.60. The van der Waals surface area contributed by atoms with Crippen molar-refractivity contribution < 1.29 is 4.79 Å². The smallest absolute Gasteiger partial charge is 0.241 e. The van der Waals surface area contributed by atoms with E-state index in [1.165, 1.54) is 5.56 Å². The van der Waals surface area contributed by atoms with Crippen molar-refractivity contribution in [2.75, 3.05) is 26.2 Å². The molecule has 3 N–H and O–H groups in total. The van der Waals surface area contributed by atoms with E-state index in [1.54, 1.807) is 0 Å². The average Bonchev–Trinajstić information content (AvgIpc) is 2.50. The fourth-order valence-electron chi connectivity index (χ4n) is 2.33. The Labute approximate surface area is 150 Å². The molecule has 5 nitrogen and oxygen atoms in total. The molecule has 1 amide bonds. The summed E-state index contributed by atoms with van der Waals surface area (Å²) in [5.41, 5.74) is 1.23. The number of carbonyl (C=O) groups is 1. The highest BCUT2D eigenvalue weighted by Crippen LogP contribution is 2.22. The van der Waals surface area contributed by atoms with Crippen molar-refractivity contribution in [3.63, 3.8) is 0 Å². The van der Waals surface area contributed by atoms with Gasteiger partial charge in [-0.3, -0.25) is 4.79 Å². The van der Waals surface area contributed by atoms with Crippen molar-refractivity contribution in [2.45, 2.75) is 34.1 Å². The zero-order chi connectivity index (χ0) is 18.0. The standard InChI is InChI=1S/C18H29ClN4O/c1-5-20-16(24)12-22-17(21-6-2)23-13-18(3,4)11-14-8-7-9-15(19)10-14/h7-10H,5-6,11-13H2,1-4H3,(H,20,24)(H2,21,22,23). The molecule has 0 aliphatic carbocycles. The summed E-state index contributed by atoms with van der Waals surface area (Å²) in [4.78, 5) is 15.9. The van der Waals surface area contributed by atoms with Gasteiger partial charge in [0.15, 0.2) is 5.96 Å². The van der Waals surface area contributed by atoms with Crippen LogP contribution < -0.4 is 16.0 Å². The fourth-order valence-corrected chi connectivity index (χ4v) is 2.54. The molecule has 24 heavy (non-hydrogen) atoms. The molecule has 0 spiro atoms. The van der Waals surface area contributed by atoms with Crippen LogP contribution in [0.4, 0.5) is 0 Å². The molecular weight excluding hydrogens is 324 g/mol. The minimum atomic E-state index is -0.0760. The van der Waals surface area contributed by atoms with Crippen molar-refractivity contribution >= 4 is 23.5 Å². The Kier molecular flexibility index (Phi) is 8.61. The average molecular weight is 353 g/mol. The lowest BCUT2D eigenvalue weighted by Crippen LogP contribution is -2.43. The van der Waals surface area contributed by atoms with Crippen molar-refractivity contribution in [3.05, 3.63) is 34.9 Å². The van der Waals surface area contributed by atoms with E-state index in [9.17, 15) is 4.79 Å². The Bertz CT molecular complexity index is 558. The van der Waals surface area contributed by atoms with Gasteiger partial charge in [0.25, 0.3) is 0 Å². The number of benzene rings is 1. The first-order valence-corrected chi connectivity index (χ1v) is 8.77. The maximum atomic E-state index is 11.5. The Hall–Kier alpha value is -1.75. The van der Waals surface area contributed by atoms with Gasteiger partial charge in [-0.15, -0.1) is 0 Å². The number of hydrogen-bond donors (Lipinski definition) is 3. The van der Waals surface area contributed by atoms with Crippen LogP contribution in [0.2, 0.25) is 5.02 Å². The first-order chi connectivity index (χ1) is 11.4. The molecule has 1 aromatic rings. The van der Waals surface area contributed by atoms with E-state index in [1.807, 2.05) is 32.0 Å². The summed E-state index contributed by atoms with van der Waals surface area (Å²) in [7, 11) is 0. The third-order valence-corrected chi connectivity index (χ3v) is 3.64. The number of guanidine groups is 1. The van der Waals surface area contributed by atoms with Crippen LogP contribution in [0, 0.1) is 5.41 Å². The maximum absolute atomic E-state index is 11.5. The van der Waals surface area contributed by atoms with Gasteiger partial charge in [-0.05, 0) is 43.4 Å². The zero-order valence-corrected chi connectivity index (χ0v) is 15.8. The molecule has 0 unspecified atom stereocenters. The minimum absolute atomic E-state index is 0.0204. The van der Waals surface area contributed by atoms with E-state index in [-0.39, 0.29) is 17.9 Å². The quantitative estimate of drug-likeness (QED) is 0.497. The molecule has 0 aromatic heterocycles. The summed E-state index contributed by atoms with van der Waals surface area (Å²) < 4.78 is 0. The van der Waals surface area contributed by atoms with Gasteiger partial charge in [-0.2, -0.15) is 0 Å². The SMILES string of the molecule is CCNC(=O)CN=C(NCC)NCC(C)(C)Cc1cccc(Cl)c1. The molecule has 134 valence electrons. The van der Waals surface area contributed by atoms with Gasteiger partial charge < -0.3 is 16.0 Å². The molecule has 1 aromatic carbocycles. The lowest BCUT2D eigenvalue weighted by molar-refractivity contribution is -0.119. The first kappa shape index (κ1) is 20.3. The van der Waals surface area contributed by atoms with Gasteiger partial charge in [0.1, 0.15) is 6.54 Å². The summed E-state index contributed by atoms with van der Waals surface area (Å²) in [5.74, 6) is 0.579. The van der Waals surface area contributed by atoms with Crippen LogP contribution in [0.25, 0.3) is 0 Å². The van der Waals surface area contributed by atoms with E-state index < -0.39 is 0 Å². The number of hydrogen-bond acceptors (Lipinski definition) is 2. The van der Waals surface area contributed by atoms with Crippen molar-refractivity contribution in [2.24, 2.45) is 10.4 Å². The maximum Gasteiger partial charge on any atom is 0.241 e. The molecule has 0 saturated carbocycles. The van der Waals surface area contributed by atoms with Gasteiger partial charge >= 0.3 is 0 Å². The molecule has 0 atom stereocenters. The second kappa shape index (κ2) is 10.2. The van der Waals surface area contributed by atoms with Crippen molar-refractivity contribution in [3.8, 4) is 0 Å². The Morgan fingerprint density at radius 1 is 1.17 bits per heavy atom. The largest absolute Gasteiger partial charge is 0.357 e. The number of rotatable bonds is 8. The number of nitrogens with zero attached hydrogens (tertiary/aromatic N) is 1. The minimum Gasteiger partial charge on any atom is -0.357 e. The van der Waals surface area contributed by atoms with E-state index in [0.29, 0.717) is 12.5 Å². The summed E-state index contributed by atoms with van der Waals surface area (Å²) >= 11 is 6.06. The second-order valence-corrected chi connectivity index (χ2v) is 6.91. The number of aliphatic imine (C=N–C) groups is 1. The number of amides is 1. The number of nitrogens with one attached hydrogen (secondary N) is 3. The van der Waals surface area contributed by atoms with Gasteiger partial charge in [0, 0.05) is 24.7 Å². The van der Waals surface area contributed by atoms with Gasteiger partial charge in [0.2, 0.25) is 5.91 Å². The Morgan fingerprint density at radius 3 is 2.50 bits per heavy atom. The Balaban J connectivity index is 2.60. The lowest BCUT2D eigenvalue weighted by Gasteiger charge is -2.26. The molecule has 0 radical (unpaired) electrons. The summed E-state index contributed by atoms with van der Waals surface area (Å²) in [6.07, 6.45) is 0.899. The topological polar surface area (TPSA) is 65.5 Å². The van der Waals surface area contributed by atoms with Crippen LogP contribution in [-0.4, -0.2) is 38.0 Å². The van der Waals surface area contributed by atoms with Crippen molar-refractivity contribution in [1.82, 2.24) is 16.0 Å². The molecule has 0 saturated heterocycles. The van der Waals surface area contributed by atoms with Crippen LogP contribution in [0.3, 0.4) is 0 Å². The van der Waals surface area contributed by atoms with Crippen LogP contribution in [0.15, 0.2) is 29.3 Å².